The van der Waals surface area contributed by atoms with Crippen LogP contribution in [0.4, 0.5) is 5.69 Å². The summed E-state index contributed by atoms with van der Waals surface area (Å²) in [5.41, 5.74) is -0.131. The molecule has 0 aliphatic heterocycles. The lowest BCUT2D eigenvalue weighted by Crippen LogP contribution is -2.37. The third-order valence-corrected chi connectivity index (χ3v) is 4.21. The minimum Gasteiger partial charge on any atom is -0.497 e. The first-order chi connectivity index (χ1) is 12.9. The van der Waals surface area contributed by atoms with Crippen molar-refractivity contribution in [2.75, 3.05) is 19.5 Å². The Kier molecular flexibility index (Phi) is 4.72. The Morgan fingerprint density at radius 1 is 1.15 bits per heavy atom. The average molecular weight is 373 g/mol. The number of fused-ring (bicyclic) bond motifs is 1. The molecular weight excluding hydrogens is 354 g/mol. The number of rotatable bonds is 5. The number of nitrogens with one attached hydrogen (secondary N) is 1. The number of carbonyl (C=O) groups excluding carboxylic acids is 1. The summed E-state index contributed by atoms with van der Waals surface area (Å²) < 4.78 is 14.0. The summed E-state index contributed by atoms with van der Waals surface area (Å²) in [5.74, 6) is 0.653. The zero-order valence-corrected chi connectivity index (χ0v) is 15.3. The molecule has 1 aromatic carbocycles. The Morgan fingerprint density at radius 2 is 1.89 bits per heavy atom. The maximum absolute atomic E-state index is 12.5. The van der Waals surface area contributed by atoms with E-state index >= 15 is 0 Å². The van der Waals surface area contributed by atoms with Gasteiger partial charge in [-0.1, -0.05) is 0 Å². The number of anilines is 1. The maximum atomic E-state index is 12.5. The molecule has 10 heteroatoms. The Hall–Kier alpha value is -3.56. The molecule has 0 unspecified atom stereocenters. The Morgan fingerprint density at radius 3 is 2.56 bits per heavy atom. The average Bonchev–Trinajstić information content (AvgIpc) is 3.08. The molecule has 0 bridgehead atoms. The van der Waals surface area contributed by atoms with Gasteiger partial charge in [0.2, 0.25) is 5.91 Å². The van der Waals surface area contributed by atoms with Crippen molar-refractivity contribution in [1.82, 2.24) is 18.7 Å². The second-order valence-corrected chi connectivity index (χ2v) is 5.86. The third-order valence-electron chi connectivity index (χ3n) is 4.21. The van der Waals surface area contributed by atoms with E-state index < -0.39 is 11.2 Å². The number of amides is 1. The molecule has 0 atom stereocenters. The quantitative estimate of drug-likeness (QED) is 0.679. The Balaban J connectivity index is 1.92. The number of methoxy groups -OCH3 is 2. The van der Waals surface area contributed by atoms with E-state index in [9.17, 15) is 14.4 Å². The van der Waals surface area contributed by atoms with Gasteiger partial charge in [0.05, 0.1) is 26.2 Å². The van der Waals surface area contributed by atoms with Crippen molar-refractivity contribution in [1.29, 1.82) is 0 Å². The third kappa shape index (κ3) is 3.16. The molecule has 10 nitrogen and oxygen atoms in total. The molecule has 2 heterocycles. The van der Waals surface area contributed by atoms with Gasteiger partial charge < -0.3 is 19.4 Å². The van der Waals surface area contributed by atoms with Crippen LogP contribution < -0.4 is 26.0 Å². The van der Waals surface area contributed by atoms with E-state index in [2.05, 4.69) is 10.3 Å². The number of aromatic nitrogens is 4. The number of carbonyl (C=O) groups is 1. The lowest BCUT2D eigenvalue weighted by atomic mass is 10.2. The highest BCUT2D eigenvalue weighted by molar-refractivity contribution is 5.93. The van der Waals surface area contributed by atoms with Gasteiger partial charge in [0.1, 0.15) is 18.0 Å². The zero-order valence-electron chi connectivity index (χ0n) is 15.3. The molecule has 0 saturated heterocycles. The Bertz CT molecular complexity index is 1140. The van der Waals surface area contributed by atoms with Crippen LogP contribution in [0.5, 0.6) is 11.5 Å². The summed E-state index contributed by atoms with van der Waals surface area (Å²) in [6.07, 6.45) is 1.36. The van der Waals surface area contributed by atoms with Gasteiger partial charge in [0, 0.05) is 20.2 Å². The van der Waals surface area contributed by atoms with Crippen LogP contribution >= 0.6 is 0 Å². The molecule has 2 aromatic heterocycles. The standard InChI is InChI=1S/C17H19N5O5/c1-20-15-14(16(24)21(2)17(20)25)22(9-18-15)8-13(23)19-11-6-5-10(26-3)7-12(11)27-4/h5-7,9H,8H2,1-4H3,(H,19,23). The smallest absolute Gasteiger partial charge is 0.332 e. The normalized spacial score (nSPS) is 10.8. The first-order valence-corrected chi connectivity index (χ1v) is 8.00. The Labute approximate surface area is 153 Å². The lowest BCUT2D eigenvalue weighted by Gasteiger charge is -2.12. The maximum Gasteiger partial charge on any atom is 0.332 e. The van der Waals surface area contributed by atoms with E-state index in [1.807, 2.05) is 0 Å². The van der Waals surface area contributed by atoms with Crippen LogP contribution in [-0.2, 0) is 25.4 Å². The minimum absolute atomic E-state index is 0.154. The highest BCUT2D eigenvalue weighted by atomic mass is 16.5. The number of ether oxygens (including phenoxy) is 2. The van der Waals surface area contributed by atoms with Crippen molar-refractivity contribution in [3.63, 3.8) is 0 Å². The van der Waals surface area contributed by atoms with Gasteiger partial charge in [0.15, 0.2) is 11.2 Å². The van der Waals surface area contributed by atoms with Gasteiger partial charge in [-0.2, -0.15) is 0 Å². The van der Waals surface area contributed by atoms with Crippen LogP contribution in [0, 0.1) is 0 Å². The predicted molar refractivity (Wildman–Crippen MR) is 98.4 cm³/mol. The zero-order chi connectivity index (χ0) is 19.7. The molecule has 142 valence electrons. The highest BCUT2D eigenvalue weighted by Gasteiger charge is 2.16. The second kappa shape index (κ2) is 6.98. The van der Waals surface area contributed by atoms with Gasteiger partial charge >= 0.3 is 5.69 Å². The van der Waals surface area contributed by atoms with Crippen molar-refractivity contribution in [2.24, 2.45) is 14.1 Å². The van der Waals surface area contributed by atoms with E-state index in [0.717, 1.165) is 4.57 Å². The summed E-state index contributed by atoms with van der Waals surface area (Å²) in [5, 5.41) is 2.73. The SMILES string of the molecule is COc1ccc(NC(=O)Cn2cnc3c2c(=O)n(C)c(=O)n3C)c(OC)c1. The van der Waals surface area contributed by atoms with Gasteiger partial charge in [-0.05, 0) is 12.1 Å². The van der Waals surface area contributed by atoms with Crippen molar-refractivity contribution in [2.45, 2.75) is 6.54 Å². The molecule has 0 aliphatic carbocycles. The summed E-state index contributed by atoms with van der Waals surface area (Å²) >= 11 is 0. The van der Waals surface area contributed by atoms with Crippen LogP contribution in [0.1, 0.15) is 0 Å². The van der Waals surface area contributed by atoms with Crippen LogP contribution in [0.25, 0.3) is 11.2 Å². The molecule has 0 fully saturated rings. The van der Waals surface area contributed by atoms with Crippen LogP contribution in [-0.4, -0.2) is 38.8 Å². The molecule has 0 saturated carbocycles. The van der Waals surface area contributed by atoms with E-state index in [0.29, 0.717) is 17.2 Å². The first kappa shape index (κ1) is 18.2. The van der Waals surface area contributed by atoms with Gasteiger partial charge in [-0.3, -0.25) is 18.7 Å². The van der Waals surface area contributed by atoms with Crippen LogP contribution in [0.15, 0.2) is 34.1 Å². The molecule has 0 radical (unpaired) electrons. The molecule has 0 aliphatic rings. The van der Waals surface area contributed by atoms with Crippen molar-refractivity contribution in [3.8, 4) is 11.5 Å². The molecule has 27 heavy (non-hydrogen) atoms. The number of benzene rings is 1. The van der Waals surface area contributed by atoms with Crippen molar-refractivity contribution in [3.05, 3.63) is 45.4 Å². The molecular formula is C17H19N5O5. The van der Waals surface area contributed by atoms with E-state index in [1.54, 1.807) is 18.2 Å². The molecule has 1 N–H and O–H groups in total. The molecule has 3 rings (SSSR count). The molecule has 0 spiro atoms. The number of hydrogen-bond acceptors (Lipinski definition) is 6. The summed E-state index contributed by atoms with van der Waals surface area (Å²) in [6, 6.07) is 4.99. The largest absolute Gasteiger partial charge is 0.497 e. The fourth-order valence-corrected chi connectivity index (χ4v) is 2.76. The summed E-state index contributed by atoms with van der Waals surface area (Å²) in [6.45, 7) is -0.154. The summed E-state index contributed by atoms with van der Waals surface area (Å²) in [7, 11) is 5.91. The van der Waals surface area contributed by atoms with Gasteiger partial charge in [0.25, 0.3) is 5.56 Å². The van der Waals surface area contributed by atoms with Crippen LogP contribution in [0.2, 0.25) is 0 Å². The van der Waals surface area contributed by atoms with Crippen LogP contribution in [0.3, 0.4) is 0 Å². The first-order valence-electron chi connectivity index (χ1n) is 8.00. The monoisotopic (exact) mass is 373 g/mol. The molecule has 1 amide bonds. The fraction of sp³-hybridized carbons (Fsp3) is 0.294. The summed E-state index contributed by atoms with van der Waals surface area (Å²) in [4.78, 5) is 40.9. The van der Waals surface area contributed by atoms with Gasteiger partial charge in [-0.25, -0.2) is 9.78 Å². The number of hydrogen-bond donors (Lipinski definition) is 1. The fourth-order valence-electron chi connectivity index (χ4n) is 2.76. The number of nitrogens with zero attached hydrogens (tertiary/aromatic N) is 4. The molecule has 3 aromatic rings. The topological polar surface area (TPSA) is 109 Å². The minimum atomic E-state index is -0.513. The van der Waals surface area contributed by atoms with E-state index in [1.165, 1.54) is 43.8 Å². The second-order valence-electron chi connectivity index (χ2n) is 5.86. The van der Waals surface area contributed by atoms with Crippen molar-refractivity contribution < 1.29 is 14.3 Å². The lowest BCUT2D eigenvalue weighted by molar-refractivity contribution is -0.116. The van der Waals surface area contributed by atoms with E-state index in [-0.39, 0.29) is 23.6 Å². The number of aryl methyl sites for hydroxylation is 1. The predicted octanol–water partition coefficient (Wildman–Crippen LogP) is 0.0896. The van der Waals surface area contributed by atoms with E-state index in [4.69, 9.17) is 9.47 Å². The highest BCUT2D eigenvalue weighted by Crippen LogP contribution is 2.29. The number of imidazole rings is 1. The van der Waals surface area contributed by atoms with Crippen molar-refractivity contribution >= 4 is 22.8 Å². The van der Waals surface area contributed by atoms with Gasteiger partial charge in [-0.15, -0.1) is 0 Å².